The van der Waals surface area contributed by atoms with Gasteiger partial charge in [-0.15, -0.1) is 0 Å². The van der Waals surface area contributed by atoms with Crippen LogP contribution in [0.1, 0.15) is 32.6 Å². The summed E-state index contributed by atoms with van der Waals surface area (Å²) in [6.07, 6.45) is 4.14. The van der Waals surface area contributed by atoms with Gasteiger partial charge in [0.05, 0.1) is 10.6 Å². The van der Waals surface area contributed by atoms with Crippen molar-refractivity contribution in [2.75, 3.05) is 10.8 Å². The molecule has 148 valence electrons. The molecule has 0 radical (unpaired) electrons. The lowest BCUT2D eigenvalue weighted by Gasteiger charge is -2.29. The first-order valence-corrected chi connectivity index (χ1v) is 11.0. The Balaban J connectivity index is 1.48. The zero-order valence-electron chi connectivity index (χ0n) is 15.6. The number of imide groups is 1. The van der Waals surface area contributed by atoms with Gasteiger partial charge in [-0.3, -0.25) is 14.4 Å². The Hall–Kier alpha value is -2.61. The molecule has 0 saturated heterocycles. The van der Waals surface area contributed by atoms with Crippen LogP contribution in [0.2, 0.25) is 0 Å². The molecule has 0 spiro atoms. The minimum atomic E-state index is -3.82. The SMILES string of the molecule is C[C@@H]1CCCC[C@H]1NC(=O)NC(=O)CN1c2cccc3cccc(c23)S1(=O)=O. The number of rotatable bonds is 3. The molecule has 1 aliphatic carbocycles. The number of nitrogens with one attached hydrogen (secondary N) is 2. The number of hydrogen-bond donors (Lipinski definition) is 2. The van der Waals surface area contributed by atoms with E-state index in [-0.39, 0.29) is 10.9 Å². The Morgan fingerprint density at radius 1 is 1.11 bits per heavy atom. The molecular formula is C20H23N3O4S. The first-order valence-electron chi connectivity index (χ1n) is 9.53. The van der Waals surface area contributed by atoms with Gasteiger partial charge in [-0.1, -0.05) is 44.0 Å². The summed E-state index contributed by atoms with van der Waals surface area (Å²) >= 11 is 0. The van der Waals surface area contributed by atoms with E-state index in [4.69, 9.17) is 0 Å². The van der Waals surface area contributed by atoms with Crippen LogP contribution in [-0.4, -0.2) is 32.9 Å². The highest BCUT2D eigenvalue weighted by molar-refractivity contribution is 7.93. The van der Waals surface area contributed by atoms with Gasteiger partial charge in [0.15, 0.2) is 0 Å². The summed E-state index contributed by atoms with van der Waals surface area (Å²) < 4.78 is 26.8. The highest BCUT2D eigenvalue weighted by atomic mass is 32.2. The number of anilines is 1. The second kappa shape index (κ2) is 7.09. The van der Waals surface area contributed by atoms with Crippen LogP contribution in [0.15, 0.2) is 41.3 Å². The molecule has 2 aromatic rings. The largest absolute Gasteiger partial charge is 0.335 e. The molecule has 0 bridgehead atoms. The van der Waals surface area contributed by atoms with E-state index in [1.807, 2.05) is 12.1 Å². The number of benzene rings is 2. The number of hydrogen-bond acceptors (Lipinski definition) is 4. The topological polar surface area (TPSA) is 95.6 Å². The zero-order valence-corrected chi connectivity index (χ0v) is 16.5. The first kappa shape index (κ1) is 18.7. The van der Waals surface area contributed by atoms with Crippen molar-refractivity contribution >= 4 is 38.4 Å². The van der Waals surface area contributed by atoms with Gasteiger partial charge in [-0.2, -0.15) is 0 Å². The number of urea groups is 1. The van der Waals surface area contributed by atoms with Crippen molar-refractivity contribution in [3.8, 4) is 0 Å². The fraction of sp³-hybridized carbons (Fsp3) is 0.400. The van der Waals surface area contributed by atoms with Crippen molar-refractivity contribution in [1.82, 2.24) is 10.6 Å². The van der Waals surface area contributed by atoms with Crippen molar-refractivity contribution in [1.29, 1.82) is 0 Å². The fourth-order valence-corrected chi connectivity index (χ4v) is 5.83. The van der Waals surface area contributed by atoms with E-state index >= 15 is 0 Å². The molecule has 8 heteroatoms. The van der Waals surface area contributed by atoms with Gasteiger partial charge in [0.1, 0.15) is 6.54 Å². The highest BCUT2D eigenvalue weighted by Crippen LogP contribution is 2.41. The Morgan fingerprint density at radius 2 is 1.82 bits per heavy atom. The summed E-state index contributed by atoms with van der Waals surface area (Å²) in [5.41, 5.74) is 0.463. The van der Waals surface area contributed by atoms with Crippen LogP contribution in [0.25, 0.3) is 10.8 Å². The van der Waals surface area contributed by atoms with E-state index in [0.717, 1.165) is 35.4 Å². The van der Waals surface area contributed by atoms with E-state index in [1.165, 1.54) is 6.07 Å². The molecule has 2 aromatic carbocycles. The van der Waals surface area contributed by atoms with Crippen molar-refractivity contribution in [2.45, 2.75) is 43.5 Å². The average molecular weight is 401 g/mol. The van der Waals surface area contributed by atoms with Crippen molar-refractivity contribution in [2.24, 2.45) is 5.92 Å². The second-order valence-electron chi connectivity index (χ2n) is 7.53. The van der Waals surface area contributed by atoms with E-state index in [2.05, 4.69) is 17.6 Å². The van der Waals surface area contributed by atoms with E-state index in [0.29, 0.717) is 17.0 Å². The van der Waals surface area contributed by atoms with Gasteiger partial charge in [0, 0.05) is 11.4 Å². The van der Waals surface area contributed by atoms with Crippen LogP contribution in [0.3, 0.4) is 0 Å². The molecule has 4 rings (SSSR count). The van der Waals surface area contributed by atoms with Crippen LogP contribution >= 0.6 is 0 Å². The predicted molar refractivity (Wildman–Crippen MR) is 107 cm³/mol. The van der Waals surface area contributed by atoms with Crippen LogP contribution in [0.4, 0.5) is 10.5 Å². The minimum Gasteiger partial charge on any atom is -0.335 e. The van der Waals surface area contributed by atoms with Crippen molar-refractivity contribution in [3.05, 3.63) is 36.4 Å². The summed E-state index contributed by atoms with van der Waals surface area (Å²) in [5.74, 6) is -0.296. The Kier molecular flexibility index (Phi) is 4.74. The molecular weight excluding hydrogens is 378 g/mol. The summed E-state index contributed by atoms with van der Waals surface area (Å²) in [6.45, 7) is 1.64. The quantitative estimate of drug-likeness (QED) is 0.827. The molecule has 1 fully saturated rings. The maximum absolute atomic E-state index is 12.9. The number of nitrogens with zero attached hydrogens (tertiary/aromatic N) is 1. The molecule has 1 saturated carbocycles. The number of carbonyl (C=O) groups is 2. The van der Waals surface area contributed by atoms with Crippen LogP contribution in [0.5, 0.6) is 0 Å². The van der Waals surface area contributed by atoms with Gasteiger partial charge >= 0.3 is 6.03 Å². The first-order chi connectivity index (χ1) is 13.4. The second-order valence-corrected chi connectivity index (χ2v) is 9.36. The molecule has 2 N–H and O–H groups in total. The van der Waals surface area contributed by atoms with Gasteiger partial charge < -0.3 is 5.32 Å². The van der Waals surface area contributed by atoms with Crippen LogP contribution < -0.4 is 14.9 Å². The molecule has 0 aromatic heterocycles. The minimum absolute atomic E-state index is 0.0371. The molecule has 2 aliphatic rings. The summed E-state index contributed by atoms with van der Waals surface area (Å²) in [5, 5.41) is 6.53. The molecule has 7 nitrogen and oxygen atoms in total. The van der Waals surface area contributed by atoms with Gasteiger partial charge in [0.2, 0.25) is 5.91 Å². The maximum atomic E-state index is 12.9. The lowest BCUT2D eigenvalue weighted by molar-refractivity contribution is -0.118. The fourth-order valence-electron chi connectivity index (χ4n) is 4.16. The Morgan fingerprint density at radius 3 is 2.57 bits per heavy atom. The summed E-state index contributed by atoms with van der Waals surface area (Å²) in [6, 6.07) is 9.78. The lowest BCUT2D eigenvalue weighted by Crippen LogP contribution is -2.50. The molecule has 1 aliphatic heterocycles. The smallest absolute Gasteiger partial charge is 0.321 e. The average Bonchev–Trinajstić information content (AvgIpc) is 2.87. The maximum Gasteiger partial charge on any atom is 0.321 e. The third-order valence-corrected chi connectivity index (χ3v) is 7.45. The van der Waals surface area contributed by atoms with E-state index in [9.17, 15) is 18.0 Å². The normalized spacial score (nSPS) is 22.8. The van der Waals surface area contributed by atoms with Crippen molar-refractivity contribution in [3.63, 3.8) is 0 Å². The predicted octanol–water partition coefficient (Wildman–Crippen LogP) is 2.75. The Labute approximate surface area is 164 Å². The lowest BCUT2D eigenvalue weighted by atomic mass is 9.86. The molecule has 28 heavy (non-hydrogen) atoms. The van der Waals surface area contributed by atoms with Crippen molar-refractivity contribution < 1.29 is 18.0 Å². The highest BCUT2D eigenvalue weighted by Gasteiger charge is 2.37. The van der Waals surface area contributed by atoms with Crippen LogP contribution in [-0.2, 0) is 14.8 Å². The van der Waals surface area contributed by atoms with E-state index < -0.39 is 28.5 Å². The summed E-state index contributed by atoms with van der Waals surface area (Å²) in [4.78, 5) is 24.8. The Bertz CT molecular complexity index is 1050. The molecule has 1 heterocycles. The zero-order chi connectivity index (χ0) is 19.9. The molecule has 2 atom stereocenters. The third-order valence-electron chi connectivity index (χ3n) is 5.65. The monoisotopic (exact) mass is 401 g/mol. The third kappa shape index (κ3) is 3.22. The van der Waals surface area contributed by atoms with E-state index in [1.54, 1.807) is 18.2 Å². The summed E-state index contributed by atoms with van der Waals surface area (Å²) in [7, 11) is -3.82. The van der Waals surface area contributed by atoms with Crippen LogP contribution in [0, 0.1) is 5.92 Å². The van der Waals surface area contributed by atoms with Gasteiger partial charge in [-0.05, 0) is 36.3 Å². The van der Waals surface area contributed by atoms with Gasteiger partial charge in [-0.25, -0.2) is 13.2 Å². The number of carbonyl (C=O) groups excluding carboxylic acids is 2. The van der Waals surface area contributed by atoms with Gasteiger partial charge in [0.25, 0.3) is 10.0 Å². The standard InChI is InChI=1S/C20H23N3O4S/c1-13-6-2-3-9-15(13)21-20(25)22-18(24)12-23-16-10-4-7-14-8-5-11-17(19(14)16)28(23,26)27/h4-5,7-8,10-11,13,15H,2-3,6,9,12H2,1H3,(H2,21,22,24,25)/t13-,15-/m1/s1. The number of amides is 3. The molecule has 3 amide bonds. The number of sulfonamides is 1. The molecule has 0 unspecified atom stereocenters.